The number of nitrogens with one attached hydrogen (secondary N) is 4. The molecule has 12 heteroatoms. The van der Waals surface area contributed by atoms with Crippen molar-refractivity contribution in [2.24, 2.45) is 13.0 Å². The Balaban J connectivity index is 1.75. The quantitative estimate of drug-likeness (QED) is 0.437. The van der Waals surface area contributed by atoms with E-state index in [1.54, 1.807) is 24.3 Å². The number of pyridine rings is 1. The molecule has 4 N–H and O–H groups in total. The summed E-state index contributed by atoms with van der Waals surface area (Å²) in [6.45, 7) is 1.52. The maximum atomic E-state index is 13.2. The SMILES string of the molecule is CCS(=O)(=O)Nc1ccccc1Nc1cc(NC(=O)[C@@H]2C[C@@H]2F)nc2[nH]n(C)c(=O)c12. The Labute approximate surface area is 176 Å². The molecule has 1 fully saturated rings. The van der Waals surface area contributed by atoms with Gasteiger partial charge >= 0.3 is 0 Å². The molecular formula is C19H21FN6O4S. The van der Waals surface area contributed by atoms with E-state index in [4.69, 9.17) is 0 Å². The summed E-state index contributed by atoms with van der Waals surface area (Å²) >= 11 is 0. The Morgan fingerprint density at radius 3 is 2.61 bits per heavy atom. The van der Waals surface area contributed by atoms with Crippen molar-refractivity contribution in [3.63, 3.8) is 0 Å². The Bertz CT molecular complexity index is 1330. The predicted molar refractivity (Wildman–Crippen MR) is 116 cm³/mol. The zero-order valence-corrected chi connectivity index (χ0v) is 17.6. The van der Waals surface area contributed by atoms with Crippen LogP contribution in [0, 0.1) is 5.92 Å². The number of sulfonamides is 1. The van der Waals surface area contributed by atoms with Gasteiger partial charge in [-0.2, -0.15) is 0 Å². The van der Waals surface area contributed by atoms with Crippen LogP contribution in [0.1, 0.15) is 13.3 Å². The predicted octanol–water partition coefficient (Wildman–Crippen LogP) is 2.06. The standard InChI is InChI=1S/C19H21FN6O4S/c1-3-31(29,30)25-13-7-5-4-6-12(13)21-14-9-15(23-18(27)10-8-11(10)20)22-17-16(14)19(28)26(2)24-17/h4-7,9-11,25H,3,8H2,1-2H3,(H3,21,22,23,24,27)/t10-,11+/m1/s1. The smallest absolute Gasteiger partial charge is 0.277 e. The van der Waals surface area contributed by atoms with Crippen molar-refractivity contribution in [1.82, 2.24) is 14.8 Å². The molecule has 4 rings (SSSR count). The van der Waals surface area contributed by atoms with Gasteiger partial charge < -0.3 is 10.6 Å². The van der Waals surface area contributed by atoms with Gasteiger partial charge in [0.05, 0.1) is 28.7 Å². The second kappa shape index (κ2) is 7.69. The number of rotatable bonds is 7. The molecule has 2 heterocycles. The third-order valence-electron chi connectivity index (χ3n) is 4.95. The average Bonchev–Trinajstić information content (AvgIpc) is 3.38. The molecule has 164 valence electrons. The van der Waals surface area contributed by atoms with Crippen LogP contribution in [0.3, 0.4) is 0 Å². The number of anilines is 4. The third kappa shape index (κ3) is 4.24. The van der Waals surface area contributed by atoms with Gasteiger partial charge in [-0.1, -0.05) is 12.1 Å². The maximum Gasteiger partial charge on any atom is 0.277 e. The largest absolute Gasteiger partial charge is 0.353 e. The monoisotopic (exact) mass is 448 g/mol. The lowest BCUT2D eigenvalue weighted by molar-refractivity contribution is -0.117. The van der Waals surface area contributed by atoms with Crippen LogP contribution in [0.25, 0.3) is 11.0 Å². The molecule has 1 aliphatic rings. The van der Waals surface area contributed by atoms with Crippen LogP contribution in [-0.2, 0) is 21.9 Å². The first-order valence-corrected chi connectivity index (χ1v) is 11.2. The summed E-state index contributed by atoms with van der Waals surface area (Å²) < 4.78 is 41.0. The van der Waals surface area contributed by atoms with Crippen LogP contribution >= 0.6 is 0 Å². The molecule has 0 spiro atoms. The van der Waals surface area contributed by atoms with E-state index in [1.807, 2.05) is 0 Å². The molecule has 1 aliphatic carbocycles. The van der Waals surface area contributed by atoms with Crippen molar-refractivity contribution >= 4 is 49.8 Å². The van der Waals surface area contributed by atoms with Gasteiger partial charge in [-0.05, 0) is 25.5 Å². The average molecular weight is 448 g/mol. The fraction of sp³-hybridized carbons (Fsp3) is 0.316. The van der Waals surface area contributed by atoms with Crippen LogP contribution < -0.4 is 20.9 Å². The summed E-state index contributed by atoms with van der Waals surface area (Å²) in [7, 11) is -2.01. The number of fused-ring (bicyclic) bond motifs is 1. The first-order valence-electron chi connectivity index (χ1n) is 9.59. The highest BCUT2D eigenvalue weighted by Gasteiger charge is 2.43. The number of halogens is 1. The number of aromatic amines is 1. The molecule has 0 bridgehead atoms. The van der Waals surface area contributed by atoms with E-state index >= 15 is 0 Å². The number of nitrogens with zero attached hydrogens (tertiary/aromatic N) is 2. The second-order valence-electron chi connectivity index (χ2n) is 7.28. The number of aryl methyl sites for hydroxylation is 1. The Kier molecular flexibility index (Phi) is 5.17. The van der Waals surface area contributed by atoms with E-state index in [0.717, 1.165) is 0 Å². The van der Waals surface area contributed by atoms with E-state index in [1.165, 1.54) is 24.7 Å². The zero-order valence-electron chi connectivity index (χ0n) is 16.8. The topological polar surface area (TPSA) is 138 Å². The van der Waals surface area contributed by atoms with Gasteiger partial charge in [0.25, 0.3) is 5.56 Å². The van der Waals surface area contributed by atoms with Gasteiger partial charge in [0.2, 0.25) is 15.9 Å². The summed E-state index contributed by atoms with van der Waals surface area (Å²) in [5.74, 6) is -1.16. The van der Waals surface area contributed by atoms with E-state index in [-0.39, 0.29) is 34.6 Å². The molecule has 0 aliphatic heterocycles. The van der Waals surface area contributed by atoms with Crippen LogP contribution in [0.4, 0.5) is 27.3 Å². The summed E-state index contributed by atoms with van der Waals surface area (Å²) in [4.78, 5) is 29.0. The molecule has 10 nitrogen and oxygen atoms in total. The Hall–Kier alpha value is -3.41. The summed E-state index contributed by atoms with van der Waals surface area (Å²) in [6.07, 6.45) is -0.983. The molecule has 3 aromatic rings. The Morgan fingerprint density at radius 1 is 1.29 bits per heavy atom. The van der Waals surface area contributed by atoms with Gasteiger partial charge in [-0.3, -0.25) is 24.1 Å². The number of amides is 1. The number of alkyl halides is 1. The first-order chi connectivity index (χ1) is 14.7. The van der Waals surface area contributed by atoms with Crippen LogP contribution in [-0.4, -0.2) is 41.0 Å². The number of carbonyl (C=O) groups is 1. The molecule has 1 saturated carbocycles. The summed E-state index contributed by atoms with van der Waals surface area (Å²) in [5.41, 5.74) is 0.856. The number of benzene rings is 1. The Morgan fingerprint density at radius 2 is 1.97 bits per heavy atom. The molecule has 0 saturated heterocycles. The van der Waals surface area contributed by atoms with Crippen LogP contribution in [0.2, 0.25) is 0 Å². The molecule has 1 aromatic carbocycles. The molecule has 0 radical (unpaired) electrons. The molecule has 1 amide bonds. The van der Waals surface area contributed by atoms with E-state index in [0.29, 0.717) is 17.1 Å². The highest BCUT2D eigenvalue weighted by Crippen LogP contribution is 2.35. The highest BCUT2D eigenvalue weighted by atomic mass is 32.2. The van der Waals surface area contributed by atoms with Gasteiger partial charge in [0, 0.05) is 13.1 Å². The van der Waals surface area contributed by atoms with Crippen LogP contribution in [0.5, 0.6) is 0 Å². The normalized spacial score (nSPS) is 18.0. The number of H-pyrrole nitrogens is 1. The lowest BCUT2D eigenvalue weighted by Crippen LogP contribution is -2.17. The summed E-state index contributed by atoms with van der Waals surface area (Å²) in [5, 5.41) is 8.65. The van der Waals surface area contributed by atoms with Crippen molar-refractivity contribution in [2.45, 2.75) is 19.5 Å². The van der Waals surface area contributed by atoms with Gasteiger partial charge in [-0.25, -0.2) is 17.8 Å². The molecule has 2 atom stereocenters. The summed E-state index contributed by atoms with van der Waals surface area (Å²) in [6, 6.07) is 8.06. The van der Waals surface area contributed by atoms with Crippen molar-refractivity contribution in [3.8, 4) is 0 Å². The van der Waals surface area contributed by atoms with E-state index in [9.17, 15) is 22.4 Å². The van der Waals surface area contributed by atoms with Crippen molar-refractivity contribution in [1.29, 1.82) is 0 Å². The van der Waals surface area contributed by atoms with Crippen molar-refractivity contribution < 1.29 is 17.6 Å². The first kappa shape index (κ1) is 20.8. The molecule has 31 heavy (non-hydrogen) atoms. The fourth-order valence-electron chi connectivity index (χ4n) is 3.10. The van der Waals surface area contributed by atoms with Gasteiger partial charge in [-0.15, -0.1) is 0 Å². The number of para-hydroxylation sites is 2. The maximum absolute atomic E-state index is 13.2. The minimum absolute atomic E-state index is 0.105. The number of carbonyl (C=O) groups excluding carboxylic acids is 1. The lowest BCUT2D eigenvalue weighted by Gasteiger charge is -2.15. The van der Waals surface area contributed by atoms with Crippen molar-refractivity contribution in [2.75, 3.05) is 21.1 Å². The molecular weight excluding hydrogens is 427 g/mol. The minimum atomic E-state index is -3.53. The number of hydrogen-bond donors (Lipinski definition) is 4. The van der Waals surface area contributed by atoms with Crippen molar-refractivity contribution in [3.05, 3.63) is 40.7 Å². The highest BCUT2D eigenvalue weighted by molar-refractivity contribution is 7.92. The van der Waals surface area contributed by atoms with Gasteiger partial charge in [0.1, 0.15) is 17.4 Å². The number of hydrogen-bond acceptors (Lipinski definition) is 6. The van der Waals surface area contributed by atoms with Gasteiger partial charge in [0.15, 0.2) is 5.65 Å². The third-order valence-corrected chi connectivity index (χ3v) is 6.25. The van der Waals surface area contributed by atoms with E-state index in [2.05, 4.69) is 25.4 Å². The molecule has 2 aromatic heterocycles. The zero-order chi connectivity index (χ0) is 22.3. The lowest BCUT2D eigenvalue weighted by atomic mass is 10.2. The fourth-order valence-corrected chi connectivity index (χ4v) is 3.76. The van der Waals surface area contributed by atoms with E-state index < -0.39 is 28.0 Å². The second-order valence-corrected chi connectivity index (χ2v) is 9.29. The van der Waals surface area contributed by atoms with Crippen LogP contribution in [0.15, 0.2) is 35.1 Å². The molecule has 0 unspecified atom stereocenters. The number of aromatic nitrogens is 3. The minimum Gasteiger partial charge on any atom is -0.353 e.